The minimum atomic E-state index is 0.860. The second kappa shape index (κ2) is 18.4. The fraction of sp³-hybridized carbons (Fsp3) is 0.938. The first kappa shape index (κ1) is 21.3. The summed E-state index contributed by atoms with van der Waals surface area (Å²) in [6.07, 6.45) is 7.53. The Kier molecular flexibility index (Phi) is 18.6. The van der Waals surface area contributed by atoms with Gasteiger partial charge in [0, 0.05) is 0 Å². The summed E-state index contributed by atoms with van der Waals surface area (Å²) in [5.41, 5.74) is 3.23. The third-order valence-corrected chi connectivity index (χ3v) is 4.09. The Morgan fingerprint density at radius 1 is 0.857 bits per heavy atom. The summed E-state index contributed by atoms with van der Waals surface area (Å²) in [5, 5.41) is 7.01. The zero-order valence-electron chi connectivity index (χ0n) is 14.0. The monoisotopic (exact) mass is 331 g/mol. The van der Waals surface area contributed by atoms with Crippen LogP contribution in [0.3, 0.4) is 0 Å². The first-order valence-corrected chi connectivity index (χ1v) is 10.4. The number of nitrogens with zero attached hydrogens (tertiary/aromatic N) is 1. The molecule has 0 aliphatic heterocycles. The van der Waals surface area contributed by atoms with Crippen molar-refractivity contribution in [3.63, 3.8) is 0 Å². The number of hydrogen-bond acceptors (Lipinski definition) is 4. The molecule has 0 amide bonds. The van der Waals surface area contributed by atoms with Crippen LogP contribution in [0.25, 0.3) is 0 Å². The van der Waals surface area contributed by atoms with Crippen molar-refractivity contribution >= 4 is 18.6 Å². The van der Waals surface area contributed by atoms with E-state index in [4.69, 9.17) is 11.8 Å². The average molecular weight is 332 g/mol. The SMILES string of the molecule is CCCCNCCCNCCCN(CC#P=S)CCCC. The van der Waals surface area contributed by atoms with Crippen molar-refractivity contribution < 1.29 is 0 Å². The summed E-state index contributed by atoms with van der Waals surface area (Å²) >= 11 is 4.92. The molecule has 124 valence electrons. The summed E-state index contributed by atoms with van der Waals surface area (Å²) in [5.74, 6) is 0. The molecule has 0 fully saturated rings. The van der Waals surface area contributed by atoms with Gasteiger partial charge < -0.3 is 0 Å². The molecule has 0 aliphatic carbocycles. The van der Waals surface area contributed by atoms with E-state index in [2.05, 4.69) is 35.0 Å². The third kappa shape index (κ3) is 16.5. The fourth-order valence-electron chi connectivity index (χ4n) is 2.10. The Balaban J connectivity index is 3.43. The van der Waals surface area contributed by atoms with E-state index < -0.39 is 0 Å². The zero-order chi connectivity index (χ0) is 15.6. The Morgan fingerprint density at radius 3 is 2.05 bits per heavy atom. The van der Waals surface area contributed by atoms with Gasteiger partial charge in [-0.3, -0.25) is 0 Å². The molecule has 0 radical (unpaired) electrons. The number of unbranched alkanes of at least 4 members (excludes halogenated alkanes) is 2. The molecular formula is C16H34N3PS. The molecule has 0 rings (SSSR count). The van der Waals surface area contributed by atoms with Gasteiger partial charge in [-0.05, 0) is 6.42 Å². The van der Waals surface area contributed by atoms with Crippen LogP contribution in [0.5, 0.6) is 0 Å². The molecule has 21 heavy (non-hydrogen) atoms. The number of rotatable bonds is 15. The van der Waals surface area contributed by atoms with E-state index in [1.54, 1.807) is 0 Å². The summed E-state index contributed by atoms with van der Waals surface area (Å²) in [4.78, 5) is 2.47. The van der Waals surface area contributed by atoms with Gasteiger partial charge in [-0.2, -0.15) is 0 Å². The first-order chi connectivity index (χ1) is 10.3. The average Bonchev–Trinajstić information content (AvgIpc) is 2.51. The van der Waals surface area contributed by atoms with E-state index in [9.17, 15) is 0 Å². The molecule has 0 saturated heterocycles. The molecule has 2 N–H and O–H groups in total. The van der Waals surface area contributed by atoms with Gasteiger partial charge in [-0.15, -0.1) is 0 Å². The predicted octanol–water partition coefficient (Wildman–Crippen LogP) is 3.22. The molecule has 0 aromatic rings. The van der Waals surface area contributed by atoms with Gasteiger partial charge in [0.05, 0.1) is 0 Å². The van der Waals surface area contributed by atoms with Crippen molar-refractivity contribution in [2.45, 2.75) is 52.4 Å². The van der Waals surface area contributed by atoms with Crippen LogP contribution in [0, 0.1) is 5.63 Å². The van der Waals surface area contributed by atoms with Crippen LogP contribution in [0.15, 0.2) is 0 Å². The summed E-state index contributed by atoms with van der Waals surface area (Å²) in [6.45, 7) is 13.1. The van der Waals surface area contributed by atoms with E-state index in [1.807, 2.05) is 0 Å². The van der Waals surface area contributed by atoms with Crippen molar-refractivity contribution in [3.05, 3.63) is 0 Å². The zero-order valence-corrected chi connectivity index (χ0v) is 15.7. The van der Waals surface area contributed by atoms with Crippen LogP contribution >= 0.6 is 6.81 Å². The Bertz CT molecular complexity index is 306. The molecule has 0 spiro atoms. The predicted molar refractivity (Wildman–Crippen MR) is 99.4 cm³/mol. The molecule has 0 saturated carbocycles. The van der Waals surface area contributed by atoms with Crippen LogP contribution in [0.4, 0.5) is 0 Å². The van der Waals surface area contributed by atoms with E-state index in [0.29, 0.717) is 0 Å². The molecule has 0 atom stereocenters. The van der Waals surface area contributed by atoms with Crippen molar-refractivity contribution in [2.75, 3.05) is 45.8 Å². The Labute approximate surface area is 138 Å². The maximum absolute atomic E-state index is 4.92. The normalized spacial score (nSPS) is 10.8. The van der Waals surface area contributed by atoms with Crippen molar-refractivity contribution in [1.82, 2.24) is 15.5 Å². The van der Waals surface area contributed by atoms with Gasteiger partial charge in [-0.25, -0.2) is 0 Å². The van der Waals surface area contributed by atoms with Gasteiger partial charge in [0.1, 0.15) is 0 Å². The first-order valence-electron chi connectivity index (χ1n) is 8.54. The number of hydrogen-bond donors (Lipinski definition) is 2. The fourth-order valence-corrected chi connectivity index (χ4v) is 2.53. The second-order valence-electron chi connectivity index (χ2n) is 5.44. The van der Waals surface area contributed by atoms with Crippen molar-refractivity contribution in [2.24, 2.45) is 0 Å². The van der Waals surface area contributed by atoms with Gasteiger partial charge in [-0.1, -0.05) is 13.3 Å². The molecule has 0 unspecified atom stereocenters. The molecule has 5 heteroatoms. The van der Waals surface area contributed by atoms with Crippen LogP contribution in [-0.4, -0.2) is 50.7 Å². The third-order valence-electron chi connectivity index (χ3n) is 3.43. The Hall–Kier alpha value is 0.310. The van der Waals surface area contributed by atoms with E-state index >= 15 is 0 Å². The minimum absolute atomic E-state index is 0.860. The summed E-state index contributed by atoms with van der Waals surface area (Å²) < 4.78 is 0. The van der Waals surface area contributed by atoms with Crippen molar-refractivity contribution in [3.8, 4) is 5.63 Å². The molecule has 0 aliphatic rings. The van der Waals surface area contributed by atoms with Crippen LogP contribution in [0.1, 0.15) is 52.4 Å². The Morgan fingerprint density at radius 2 is 1.43 bits per heavy atom. The van der Waals surface area contributed by atoms with Gasteiger partial charge in [0.15, 0.2) is 0 Å². The summed E-state index contributed by atoms with van der Waals surface area (Å²) in [6, 6.07) is 0. The van der Waals surface area contributed by atoms with Crippen LogP contribution in [0.2, 0.25) is 0 Å². The van der Waals surface area contributed by atoms with E-state index in [-0.39, 0.29) is 0 Å². The van der Waals surface area contributed by atoms with Crippen LogP contribution in [-0.2, 0) is 11.8 Å². The number of nitrogens with one attached hydrogen (secondary N) is 2. The molecule has 0 aromatic heterocycles. The summed E-state index contributed by atoms with van der Waals surface area (Å²) in [7, 11) is 0. The van der Waals surface area contributed by atoms with Gasteiger partial charge in [0.25, 0.3) is 0 Å². The quantitative estimate of drug-likeness (QED) is 0.356. The molecule has 0 aromatic carbocycles. The van der Waals surface area contributed by atoms with E-state index in [1.165, 1.54) is 45.1 Å². The van der Waals surface area contributed by atoms with Crippen molar-refractivity contribution in [1.29, 1.82) is 0 Å². The topological polar surface area (TPSA) is 27.3 Å². The van der Waals surface area contributed by atoms with Crippen LogP contribution < -0.4 is 10.6 Å². The van der Waals surface area contributed by atoms with Gasteiger partial charge in [0.2, 0.25) is 0 Å². The standard InChI is InChI=1S/C16H34N3PS/c1-3-5-9-17-10-7-11-18-12-8-14-19(13-6-4-2)15-16-20-21/h17-18H,3-15H2,1-2H3. The molecule has 0 heterocycles. The molecule has 3 nitrogen and oxygen atoms in total. The van der Waals surface area contributed by atoms with Gasteiger partial charge >= 0.3 is 118 Å². The maximum atomic E-state index is 4.92. The second-order valence-corrected chi connectivity index (χ2v) is 6.49. The molecule has 0 bridgehead atoms. The van der Waals surface area contributed by atoms with E-state index in [0.717, 1.165) is 46.1 Å². The molecular weight excluding hydrogens is 297 g/mol.